The van der Waals surface area contributed by atoms with Crippen molar-refractivity contribution in [1.82, 2.24) is 4.72 Å². The second-order valence-electron chi connectivity index (χ2n) is 4.84. The molecule has 1 aromatic heterocycles. The lowest BCUT2D eigenvalue weighted by atomic mass is 9.88. The zero-order chi connectivity index (χ0) is 13.8. The summed E-state index contributed by atoms with van der Waals surface area (Å²) in [5.41, 5.74) is -0.0869. The van der Waals surface area contributed by atoms with E-state index in [1.54, 1.807) is 12.1 Å². The fraction of sp³-hybridized carbons (Fsp3) is 0.636. The topological polar surface area (TPSA) is 46.2 Å². The first-order valence-corrected chi connectivity index (χ1v) is 9.20. The minimum Gasteiger partial charge on any atom is -0.210 e. The van der Waals surface area contributed by atoms with Crippen molar-refractivity contribution in [2.75, 3.05) is 12.4 Å². The van der Waals surface area contributed by atoms with E-state index in [2.05, 4.69) is 20.7 Å². The van der Waals surface area contributed by atoms with Crippen LogP contribution in [0.2, 0.25) is 0 Å². The molecule has 0 aliphatic rings. The lowest BCUT2D eigenvalue weighted by Gasteiger charge is -2.24. The number of nitrogens with one attached hydrogen (secondary N) is 1. The Morgan fingerprint density at radius 1 is 1.44 bits per heavy atom. The summed E-state index contributed by atoms with van der Waals surface area (Å²) in [5, 5.41) is 0. The van der Waals surface area contributed by atoms with Gasteiger partial charge in [0.05, 0.1) is 3.79 Å². The maximum Gasteiger partial charge on any atom is 0.250 e. The number of rotatable bonds is 7. The van der Waals surface area contributed by atoms with Gasteiger partial charge in [0.2, 0.25) is 10.0 Å². The van der Waals surface area contributed by atoms with E-state index in [4.69, 9.17) is 11.6 Å². The van der Waals surface area contributed by atoms with Gasteiger partial charge in [-0.05, 0) is 46.3 Å². The lowest BCUT2D eigenvalue weighted by molar-refractivity contribution is 0.331. The van der Waals surface area contributed by atoms with Crippen LogP contribution in [0.15, 0.2) is 20.1 Å². The lowest BCUT2D eigenvalue weighted by Crippen LogP contribution is -2.33. The average molecular weight is 375 g/mol. The molecule has 1 aromatic rings. The highest BCUT2D eigenvalue weighted by Crippen LogP contribution is 2.27. The van der Waals surface area contributed by atoms with Gasteiger partial charge in [0.15, 0.2) is 0 Å². The number of hydrogen-bond donors (Lipinski definition) is 1. The van der Waals surface area contributed by atoms with Gasteiger partial charge in [-0.25, -0.2) is 13.1 Å². The van der Waals surface area contributed by atoms with Crippen LogP contribution in [0.25, 0.3) is 0 Å². The molecular weight excluding hydrogens is 358 g/mol. The molecule has 0 aliphatic carbocycles. The zero-order valence-corrected chi connectivity index (χ0v) is 14.3. The first kappa shape index (κ1) is 16.4. The fourth-order valence-electron chi connectivity index (χ4n) is 1.44. The quantitative estimate of drug-likeness (QED) is 0.737. The zero-order valence-electron chi connectivity index (χ0n) is 10.4. The van der Waals surface area contributed by atoms with Crippen molar-refractivity contribution < 1.29 is 8.42 Å². The van der Waals surface area contributed by atoms with Gasteiger partial charge in [-0.1, -0.05) is 13.8 Å². The molecule has 0 unspecified atom stereocenters. The van der Waals surface area contributed by atoms with E-state index in [0.717, 1.165) is 16.6 Å². The third-order valence-electron chi connectivity index (χ3n) is 2.54. The molecule has 7 heteroatoms. The Labute approximate surface area is 126 Å². The Morgan fingerprint density at radius 2 is 2.11 bits per heavy atom. The summed E-state index contributed by atoms with van der Waals surface area (Å²) >= 11 is 10.1. The van der Waals surface area contributed by atoms with Gasteiger partial charge in [0.25, 0.3) is 0 Å². The monoisotopic (exact) mass is 373 g/mol. The maximum atomic E-state index is 12.0. The predicted octanol–water partition coefficient (Wildman–Crippen LogP) is 3.83. The summed E-state index contributed by atoms with van der Waals surface area (Å²) in [6.07, 6.45) is 1.79. The molecule has 104 valence electrons. The van der Waals surface area contributed by atoms with Crippen LogP contribution in [-0.4, -0.2) is 20.8 Å². The molecule has 1 rings (SSSR count). The molecule has 3 nitrogen and oxygen atoms in total. The summed E-state index contributed by atoms with van der Waals surface area (Å²) < 4.78 is 27.8. The van der Waals surface area contributed by atoms with E-state index >= 15 is 0 Å². The number of hydrogen-bond acceptors (Lipinski definition) is 3. The highest BCUT2D eigenvalue weighted by molar-refractivity contribution is 9.11. The van der Waals surface area contributed by atoms with Crippen LogP contribution in [0, 0.1) is 5.41 Å². The fourth-order valence-corrected chi connectivity index (χ4v) is 4.87. The second-order valence-corrected chi connectivity index (χ2v) is 9.67. The van der Waals surface area contributed by atoms with Gasteiger partial charge in [-0.2, -0.15) is 0 Å². The van der Waals surface area contributed by atoms with Gasteiger partial charge in [-0.3, -0.25) is 0 Å². The smallest absolute Gasteiger partial charge is 0.210 e. The first-order valence-electron chi connectivity index (χ1n) is 5.58. The van der Waals surface area contributed by atoms with Crippen LogP contribution in [0.3, 0.4) is 0 Å². The third-order valence-corrected chi connectivity index (χ3v) is 6.33. The number of alkyl halides is 1. The molecule has 0 radical (unpaired) electrons. The SMILES string of the molecule is CC(C)(CCCCl)CNS(=O)(=O)c1ccc(Br)s1. The van der Waals surface area contributed by atoms with E-state index in [1.165, 1.54) is 11.3 Å². The van der Waals surface area contributed by atoms with Crippen molar-refractivity contribution in [3.63, 3.8) is 0 Å². The molecule has 0 spiro atoms. The summed E-state index contributed by atoms with van der Waals surface area (Å²) in [6.45, 7) is 4.49. The predicted molar refractivity (Wildman–Crippen MR) is 80.9 cm³/mol. The molecule has 0 saturated carbocycles. The molecule has 1 heterocycles. The van der Waals surface area contributed by atoms with Gasteiger partial charge < -0.3 is 0 Å². The van der Waals surface area contributed by atoms with Crippen molar-refractivity contribution in [2.45, 2.75) is 30.9 Å². The van der Waals surface area contributed by atoms with E-state index < -0.39 is 10.0 Å². The Balaban J connectivity index is 2.62. The molecule has 0 saturated heterocycles. The number of halogens is 2. The highest BCUT2D eigenvalue weighted by Gasteiger charge is 2.22. The van der Waals surface area contributed by atoms with Gasteiger partial charge >= 0.3 is 0 Å². The van der Waals surface area contributed by atoms with Crippen LogP contribution >= 0.6 is 38.9 Å². The first-order chi connectivity index (χ1) is 8.27. The van der Waals surface area contributed by atoms with Crippen LogP contribution < -0.4 is 4.72 Å². The molecule has 0 aromatic carbocycles. The van der Waals surface area contributed by atoms with E-state index in [1.807, 2.05) is 13.8 Å². The summed E-state index contributed by atoms with van der Waals surface area (Å²) in [7, 11) is -3.39. The molecule has 0 fully saturated rings. The average Bonchev–Trinajstić information content (AvgIpc) is 2.72. The van der Waals surface area contributed by atoms with Crippen molar-refractivity contribution in [3.05, 3.63) is 15.9 Å². The Kier molecular flexibility index (Phi) is 6.12. The Hall–Kier alpha value is 0.380. The number of thiophene rings is 1. The standard InChI is InChI=1S/C11H17BrClNO2S2/c1-11(2,6-3-7-13)8-14-18(15,16)10-5-4-9(12)17-10/h4-5,14H,3,6-8H2,1-2H3. The van der Waals surface area contributed by atoms with Crippen LogP contribution in [0.1, 0.15) is 26.7 Å². The summed E-state index contributed by atoms with van der Waals surface area (Å²) in [5.74, 6) is 0.605. The minimum atomic E-state index is -3.39. The molecule has 0 aliphatic heterocycles. The van der Waals surface area contributed by atoms with Crippen molar-refractivity contribution >= 4 is 48.9 Å². The normalized spacial score (nSPS) is 12.9. The van der Waals surface area contributed by atoms with Gasteiger partial charge in [0.1, 0.15) is 4.21 Å². The van der Waals surface area contributed by atoms with Gasteiger partial charge in [0, 0.05) is 12.4 Å². The van der Waals surface area contributed by atoms with E-state index in [9.17, 15) is 8.42 Å². The van der Waals surface area contributed by atoms with Crippen molar-refractivity contribution in [2.24, 2.45) is 5.41 Å². The maximum absolute atomic E-state index is 12.0. The molecule has 1 N–H and O–H groups in total. The Morgan fingerprint density at radius 3 is 2.61 bits per heavy atom. The summed E-state index contributed by atoms with van der Waals surface area (Å²) in [4.78, 5) is 0. The van der Waals surface area contributed by atoms with Gasteiger partial charge in [-0.15, -0.1) is 22.9 Å². The molecule has 0 atom stereocenters. The van der Waals surface area contributed by atoms with E-state index in [0.29, 0.717) is 16.6 Å². The molecule has 18 heavy (non-hydrogen) atoms. The Bertz CT molecular complexity index is 485. The molecular formula is C11H17BrClNO2S2. The third kappa shape index (κ3) is 5.17. The largest absolute Gasteiger partial charge is 0.250 e. The van der Waals surface area contributed by atoms with Crippen LogP contribution in [0.4, 0.5) is 0 Å². The van der Waals surface area contributed by atoms with Crippen LogP contribution in [-0.2, 0) is 10.0 Å². The van der Waals surface area contributed by atoms with E-state index in [-0.39, 0.29) is 5.41 Å². The minimum absolute atomic E-state index is 0.0869. The van der Waals surface area contributed by atoms with Crippen molar-refractivity contribution in [3.8, 4) is 0 Å². The summed E-state index contributed by atoms with van der Waals surface area (Å²) in [6, 6.07) is 3.33. The molecule has 0 bridgehead atoms. The number of sulfonamides is 1. The van der Waals surface area contributed by atoms with Crippen molar-refractivity contribution in [1.29, 1.82) is 0 Å². The highest BCUT2D eigenvalue weighted by atomic mass is 79.9. The second kappa shape index (κ2) is 6.70. The van der Waals surface area contributed by atoms with Crippen LogP contribution in [0.5, 0.6) is 0 Å². The molecule has 0 amide bonds.